The number of hydrogen-bond acceptors (Lipinski definition) is 8. The van der Waals surface area contributed by atoms with Crippen LogP contribution in [0.3, 0.4) is 0 Å². The van der Waals surface area contributed by atoms with Crippen molar-refractivity contribution in [2.24, 2.45) is 0 Å². The molecule has 13 heteroatoms. The molecule has 1 N–H and O–H groups in total. The van der Waals surface area contributed by atoms with Gasteiger partial charge in [-0.05, 0) is 31.0 Å². The second-order valence-electron chi connectivity index (χ2n) is 8.97. The van der Waals surface area contributed by atoms with E-state index in [1.165, 1.54) is 15.0 Å². The fraction of sp³-hybridized carbons (Fsp3) is 0.500. The van der Waals surface area contributed by atoms with E-state index in [-0.39, 0.29) is 10.6 Å². The number of benzene rings is 1. The van der Waals surface area contributed by atoms with Gasteiger partial charge in [-0.1, -0.05) is 26.7 Å². The molecule has 1 saturated heterocycles. The Morgan fingerprint density at radius 3 is 2.68 bits per heavy atom. The first-order chi connectivity index (χ1) is 18.0. The number of H-pyrrole nitrogens is 1. The fourth-order valence-electron chi connectivity index (χ4n) is 4.46. The Bertz CT molecular complexity index is 1570. The summed E-state index contributed by atoms with van der Waals surface area (Å²) in [5, 5.41) is 8.05. The molecule has 1 fully saturated rings. The van der Waals surface area contributed by atoms with Gasteiger partial charge in [-0.3, -0.25) is 4.57 Å². The average molecular weight is 530 g/mol. The molecule has 0 atom stereocenters. The summed E-state index contributed by atoms with van der Waals surface area (Å²) >= 11 is 0. The zero-order valence-electron chi connectivity index (χ0n) is 21.0. The third kappa shape index (κ3) is 4.74. The Balaban J connectivity index is 1.67. The van der Waals surface area contributed by atoms with E-state index in [1.54, 1.807) is 22.8 Å². The Morgan fingerprint density at radius 1 is 1.11 bits per heavy atom. The molecule has 37 heavy (non-hydrogen) atoms. The van der Waals surface area contributed by atoms with Crippen LogP contribution < -0.4 is 10.4 Å². The molecule has 5 rings (SSSR count). The van der Waals surface area contributed by atoms with Gasteiger partial charge in [-0.15, -0.1) is 10.2 Å². The first kappa shape index (κ1) is 25.4. The second kappa shape index (κ2) is 10.6. The van der Waals surface area contributed by atoms with Gasteiger partial charge in [0.2, 0.25) is 10.0 Å². The predicted octanol–water partition coefficient (Wildman–Crippen LogP) is 2.43. The number of nitrogens with zero attached hydrogens (tertiary/aromatic N) is 6. The van der Waals surface area contributed by atoms with E-state index in [2.05, 4.69) is 22.1 Å². The molecule has 0 bridgehead atoms. The van der Waals surface area contributed by atoms with Crippen molar-refractivity contribution in [1.82, 2.24) is 33.4 Å². The summed E-state index contributed by atoms with van der Waals surface area (Å²) in [5.74, 6) is 0.888. The van der Waals surface area contributed by atoms with Crippen LogP contribution in [0, 0.1) is 0 Å². The minimum absolute atomic E-state index is 0.140. The van der Waals surface area contributed by atoms with Crippen LogP contribution in [0.15, 0.2) is 34.2 Å². The molecule has 3 aromatic heterocycles. The molecule has 0 saturated carbocycles. The van der Waals surface area contributed by atoms with Crippen LogP contribution in [0.4, 0.5) is 0 Å². The SMILES string of the molecule is CCCCCn1c(=O)n2cnnc2c2[nH]c(-c3cc(S(=O)(=O)N4CCOCC4)ccc3OCCC)nc21. The lowest BCUT2D eigenvalue weighted by Crippen LogP contribution is -2.40. The number of nitrogens with one attached hydrogen (secondary N) is 1. The van der Waals surface area contributed by atoms with Gasteiger partial charge in [-0.25, -0.2) is 22.6 Å². The Hall–Kier alpha value is -3.29. The molecule has 0 radical (unpaired) electrons. The van der Waals surface area contributed by atoms with Crippen molar-refractivity contribution in [2.75, 3.05) is 32.9 Å². The highest BCUT2D eigenvalue weighted by molar-refractivity contribution is 7.89. The molecular formula is C24H31N7O5S. The van der Waals surface area contributed by atoms with Gasteiger partial charge in [0.15, 0.2) is 11.3 Å². The number of aromatic nitrogens is 6. The minimum Gasteiger partial charge on any atom is -0.493 e. The lowest BCUT2D eigenvalue weighted by atomic mass is 10.2. The minimum atomic E-state index is -3.74. The Morgan fingerprint density at radius 2 is 1.92 bits per heavy atom. The maximum Gasteiger partial charge on any atom is 0.336 e. The molecule has 1 aliphatic rings. The van der Waals surface area contributed by atoms with Crippen LogP contribution in [-0.4, -0.2) is 74.8 Å². The van der Waals surface area contributed by atoms with Crippen molar-refractivity contribution in [3.8, 4) is 17.1 Å². The van der Waals surface area contributed by atoms with Crippen LogP contribution in [0.2, 0.25) is 0 Å². The first-order valence-corrected chi connectivity index (χ1v) is 14.1. The molecule has 0 unspecified atom stereocenters. The van der Waals surface area contributed by atoms with Gasteiger partial charge in [0, 0.05) is 19.6 Å². The quantitative estimate of drug-likeness (QED) is 0.309. The maximum atomic E-state index is 13.4. The lowest BCUT2D eigenvalue weighted by Gasteiger charge is -2.26. The van der Waals surface area contributed by atoms with Gasteiger partial charge in [0.05, 0.1) is 30.3 Å². The summed E-state index contributed by atoms with van der Waals surface area (Å²) < 4.78 is 42.5. The highest BCUT2D eigenvalue weighted by Crippen LogP contribution is 2.33. The first-order valence-electron chi connectivity index (χ1n) is 12.6. The number of unbranched alkanes of at least 4 members (excludes halogenated alkanes) is 2. The zero-order chi connectivity index (χ0) is 26.0. The van der Waals surface area contributed by atoms with Gasteiger partial charge in [0.1, 0.15) is 23.4 Å². The summed E-state index contributed by atoms with van der Waals surface area (Å²) in [7, 11) is -3.74. The third-order valence-electron chi connectivity index (χ3n) is 6.41. The van der Waals surface area contributed by atoms with Crippen molar-refractivity contribution in [1.29, 1.82) is 0 Å². The van der Waals surface area contributed by atoms with E-state index in [0.717, 1.165) is 25.7 Å². The smallest absolute Gasteiger partial charge is 0.336 e. The predicted molar refractivity (Wildman–Crippen MR) is 137 cm³/mol. The normalized spacial score (nSPS) is 15.1. The van der Waals surface area contributed by atoms with Gasteiger partial charge >= 0.3 is 5.69 Å². The summed E-state index contributed by atoms with van der Waals surface area (Å²) in [6, 6.07) is 4.79. The molecule has 4 heterocycles. The molecule has 198 valence electrons. The van der Waals surface area contributed by atoms with E-state index in [9.17, 15) is 13.2 Å². The summed E-state index contributed by atoms with van der Waals surface area (Å²) in [6.45, 7) is 6.36. The van der Waals surface area contributed by atoms with E-state index in [4.69, 9.17) is 14.5 Å². The number of imidazole rings is 1. The van der Waals surface area contributed by atoms with Crippen LogP contribution >= 0.6 is 0 Å². The molecule has 1 aliphatic heterocycles. The number of aromatic amines is 1. The lowest BCUT2D eigenvalue weighted by molar-refractivity contribution is 0.0730. The Labute approximate surface area is 214 Å². The highest BCUT2D eigenvalue weighted by atomic mass is 32.2. The summed E-state index contributed by atoms with van der Waals surface area (Å²) in [5.41, 5.74) is 1.57. The third-order valence-corrected chi connectivity index (χ3v) is 8.30. The van der Waals surface area contributed by atoms with Crippen molar-refractivity contribution in [2.45, 2.75) is 51.0 Å². The largest absolute Gasteiger partial charge is 0.493 e. The highest BCUT2D eigenvalue weighted by Gasteiger charge is 2.28. The number of sulfonamides is 1. The van der Waals surface area contributed by atoms with Crippen molar-refractivity contribution in [3.05, 3.63) is 35.0 Å². The standard InChI is InChI=1S/C24H31N7O5S/c1-3-5-6-9-30-22-20(23-28-25-16-31(23)24(30)32)26-21(27-22)18-15-17(7-8-19(18)36-12-4-2)37(33,34)29-10-13-35-14-11-29/h7-8,15-16H,3-6,9-14H2,1-2H3,(H,26,27). The number of morpholine rings is 1. The average Bonchev–Trinajstić information content (AvgIpc) is 3.58. The monoisotopic (exact) mass is 529 g/mol. The molecule has 4 aromatic rings. The Kier molecular flexibility index (Phi) is 7.26. The topological polar surface area (TPSA) is 137 Å². The number of rotatable bonds is 10. The van der Waals surface area contributed by atoms with Gasteiger partial charge < -0.3 is 14.5 Å². The van der Waals surface area contributed by atoms with Crippen molar-refractivity contribution in [3.63, 3.8) is 0 Å². The van der Waals surface area contributed by atoms with Crippen LogP contribution in [0.5, 0.6) is 5.75 Å². The molecule has 0 spiro atoms. The van der Waals surface area contributed by atoms with Crippen LogP contribution in [0.1, 0.15) is 39.5 Å². The number of aryl methyl sites for hydroxylation is 1. The van der Waals surface area contributed by atoms with Crippen LogP contribution in [-0.2, 0) is 21.3 Å². The number of fused-ring (bicyclic) bond motifs is 3. The summed E-state index contributed by atoms with van der Waals surface area (Å²) in [4.78, 5) is 21.4. The number of ether oxygens (including phenoxy) is 2. The van der Waals surface area contributed by atoms with E-state index >= 15 is 0 Å². The van der Waals surface area contributed by atoms with Crippen LogP contribution in [0.25, 0.3) is 28.2 Å². The van der Waals surface area contributed by atoms with Crippen molar-refractivity contribution < 1.29 is 17.9 Å². The number of hydrogen-bond donors (Lipinski definition) is 1. The second-order valence-corrected chi connectivity index (χ2v) is 10.9. The van der Waals surface area contributed by atoms with E-state index in [1.807, 2.05) is 6.92 Å². The zero-order valence-corrected chi connectivity index (χ0v) is 21.8. The van der Waals surface area contributed by atoms with E-state index < -0.39 is 10.0 Å². The molecule has 1 aromatic carbocycles. The van der Waals surface area contributed by atoms with Gasteiger partial charge in [0.25, 0.3) is 0 Å². The maximum absolute atomic E-state index is 13.4. The molecule has 12 nitrogen and oxygen atoms in total. The molecule has 0 amide bonds. The van der Waals surface area contributed by atoms with Gasteiger partial charge in [-0.2, -0.15) is 4.31 Å². The molecule has 0 aliphatic carbocycles. The van der Waals surface area contributed by atoms with E-state index in [0.29, 0.717) is 73.4 Å². The molecular weight excluding hydrogens is 498 g/mol. The fourth-order valence-corrected chi connectivity index (χ4v) is 5.89. The van der Waals surface area contributed by atoms with Crippen molar-refractivity contribution >= 4 is 26.8 Å². The summed E-state index contributed by atoms with van der Waals surface area (Å²) in [6.07, 6.45) is 4.98.